The molecule has 1 amide bonds. The number of fused-ring (bicyclic) bond motifs is 1. The number of aryl methyl sites for hydroxylation is 3. The average molecular weight is 585 g/mol. The molecule has 216 valence electrons. The number of nitrogens with zero attached hydrogens (tertiary/aromatic N) is 7. The summed E-state index contributed by atoms with van der Waals surface area (Å²) in [6.45, 7) is 3.53. The van der Waals surface area contributed by atoms with Crippen LogP contribution in [0.5, 0.6) is 11.6 Å². The summed E-state index contributed by atoms with van der Waals surface area (Å²) in [6, 6.07) is 11.6. The van der Waals surface area contributed by atoms with E-state index in [0.717, 1.165) is 17.7 Å². The van der Waals surface area contributed by atoms with Gasteiger partial charge < -0.3 is 14.6 Å². The number of ether oxygens (including phenoxy) is 1. The lowest BCUT2D eigenvalue weighted by Crippen LogP contribution is -2.14. The van der Waals surface area contributed by atoms with Crippen LogP contribution in [-0.4, -0.2) is 40.2 Å². The Morgan fingerprint density at radius 1 is 1.00 bits per heavy atom. The molecule has 43 heavy (non-hydrogen) atoms. The van der Waals surface area contributed by atoms with Gasteiger partial charge in [0, 0.05) is 48.1 Å². The highest BCUT2D eigenvalue weighted by Crippen LogP contribution is 2.34. The van der Waals surface area contributed by atoms with Crippen LogP contribution in [0.1, 0.15) is 27.2 Å². The van der Waals surface area contributed by atoms with Gasteiger partial charge in [0.25, 0.3) is 5.91 Å². The van der Waals surface area contributed by atoms with Crippen molar-refractivity contribution in [3.63, 3.8) is 0 Å². The van der Waals surface area contributed by atoms with E-state index in [-0.39, 0.29) is 22.8 Å². The van der Waals surface area contributed by atoms with E-state index < -0.39 is 17.6 Å². The van der Waals surface area contributed by atoms with Gasteiger partial charge in [0.1, 0.15) is 11.1 Å². The van der Waals surface area contributed by atoms with Crippen molar-refractivity contribution < 1.29 is 22.7 Å². The van der Waals surface area contributed by atoms with Crippen LogP contribution in [0.15, 0.2) is 79.6 Å². The highest BCUT2D eigenvalue weighted by molar-refractivity contribution is 6.04. The van der Waals surface area contributed by atoms with Gasteiger partial charge in [0.05, 0.1) is 23.8 Å². The first-order valence-electron chi connectivity index (χ1n) is 13.0. The van der Waals surface area contributed by atoms with Crippen molar-refractivity contribution in [1.82, 2.24) is 34.3 Å². The Morgan fingerprint density at radius 2 is 1.79 bits per heavy atom. The molecule has 6 aromatic rings. The lowest BCUT2D eigenvalue weighted by Gasteiger charge is -2.14. The van der Waals surface area contributed by atoms with Crippen molar-refractivity contribution in [3.05, 3.63) is 102 Å². The fourth-order valence-corrected chi connectivity index (χ4v) is 4.42. The van der Waals surface area contributed by atoms with Crippen LogP contribution in [-0.2, 0) is 13.2 Å². The molecule has 13 heteroatoms. The van der Waals surface area contributed by atoms with Crippen LogP contribution in [0.4, 0.5) is 18.9 Å². The Kier molecular flexibility index (Phi) is 6.84. The number of imidazole rings is 1. The number of pyridine rings is 1. The number of anilines is 1. The summed E-state index contributed by atoms with van der Waals surface area (Å²) in [4.78, 5) is 30.6. The molecule has 0 saturated carbocycles. The summed E-state index contributed by atoms with van der Waals surface area (Å²) in [5.74, 6) is 0.330. The summed E-state index contributed by atoms with van der Waals surface area (Å²) in [6.07, 6.45) is 3.22. The molecule has 2 aromatic carbocycles. The smallest absolute Gasteiger partial charge is 0.416 e. The van der Waals surface area contributed by atoms with Crippen LogP contribution >= 0.6 is 0 Å². The van der Waals surface area contributed by atoms with E-state index in [1.54, 1.807) is 74.6 Å². The Labute approximate surface area is 242 Å². The van der Waals surface area contributed by atoms with E-state index in [9.17, 15) is 18.0 Å². The minimum absolute atomic E-state index is 0.0286. The number of carbonyl (C=O) groups is 1. The number of alkyl halides is 3. The van der Waals surface area contributed by atoms with Crippen molar-refractivity contribution >= 4 is 22.6 Å². The van der Waals surface area contributed by atoms with E-state index >= 15 is 0 Å². The van der Waals surface area contributed by atoms with Crippen molar-refractivity contribution in [3.8, 4) is 28.7 Å². The van der Waals surface area contributed by atoms with E-state index in [2.05, 4.69) is 30.4 Å². The normalized spacial score (nSPS) is 11.6. The lowest BCUT2D eigenvalue weighted by atomic mass is 10.1. The molecule has 0 atom stereocenters. The predicted molar refractivity (Wildman–Crippen MR) is 152 cm³/mol. The van der Waals surface area contributed by atoms with Crippen LogP contribution < -0.4 is 10.1 Å². The van der Waals surface area contributed by atoms with Crippen LogP contribution in [0, 0.1) is 13.8 Å². The monoisotopic (exact) mass is 584 g/mol. The Hall–Kier alpha value is -5.59. The largest absolute Gasteiger partial charge is 0.438 e. The molecular formula is C30H23F3N8O2. The van der Waals surface area contributed by atoms with Crippen molar-refractivity contribution in [2.75, 3.05) is 5.32 Å². The fourth-order valence-electron chi connectivity index (χ4n) is 4.42. The molecule has 0 unspecified atom stereocenters. The summed E-state index contributed by atoms with van der Waals surface area (Å²) in [5, 5.41) is 7.42. The SMILES string of the molecule is Cc1cn(-c2cc(NC(=O)c3ccc(C)c(Oc4nc(-c5ccncc5)nc5c4cnn5C)c3)cc(C(F)(F)F)c2)cn1. The Bertz CT molecular complexity index is 1980. The second-order valence-corrected chi connectivity index (χ2v) is 9.82. The first-order valence-corrected chi connectivity index (χ1v) is 13.0. The molecule has 0 fully saturated rings. The van der Waals surface area contributed by atoms with E-state index in [0.29, 0.717) is 33.9 Å². The van der Waals surface area contributed by atoms with Gasteiger partial charge in [0.2, 0.25) is 5.88 Å². The minimum atomic E-state index is -4.62. The molecule has 6 rings (SSSR count). The predicted octanol–water partition coefficient (Wildman–Crippen LogP) is 6.29. The molecule has 0 spiro atoms. The Morgan fingerprint density at radius 3 is 2.51 bits per heavy atom. The third-order valence-electron chi connectivity index (χ3n) is 6.67. The number of benzene rings is 2. The number of rotatable bonds is 6. The van der Waals surface area contributed by atoms with E-state index in [4.69, 9.17) is 4.74 Å². The standard InChI is InChI=1S/C30H23F3N8O2/c1-17-4-5-20(28(42)37-22-11-21(30(31,32)33)12-23(13-22)41-15-18(2)35-16-41)10-25(17)43-29-24-14-36-40(3)27(24)38-26(39-29)19-6-8-34-9-7-19/h4-16H,1-3H3,(H,37,42). The molecule has 0 aliphatic heterocycles. The second kappa shape index (κ2) is 10.7. The number of hydrogen-bond acceptors (Lipinski definition) is 7. The molecule has 10 nitrogen and oxygen atoms in total. The van der Waals surface area contributed by atoms with Gasteiger partial charge >= 0.3 is 6.18 Å². The zero-order valence-corrected chi connectivity index (χ0v) is 23.1. The number of amides is 1. The number of nitrogens with one attached hydrogen (secondary N) is 1. The Balaban J connectivity index is 1.33. The van der Waals surface area contributed by atoms with E-state index in [1.807, 2.05) is 0 Å². The molecule has 4 aromatic heterocycles. The number of hydrogen-bond donors (Lipinski definition) is 1. The molecule has 0 bridgehead atoms. The van der Waals surface area contributed by atoms with Crippen molar-refractivity contribution in [2.24, 2.45) is 7.05 Å². The first-order chi connectivity index (χ1) is 20.5. The zero-order chi connectivity index (χ0) is 30.3. The molecule has 0 saturated heterocycles. The third kappa shape index (κ3) is 5.64. The van der Waals surface area contributed by atoms with Gasteiger partial charge in [0.15, 0.2) is 11.5 Å². The molecule has 0 aliphatic rings. The van der Waals surface area contributed by atoms with Gasteiger partial charge in [-0.15, -0.1) is 0 Å². The van der Waals surface area contributed by atoms with Crippen LogP contribution in [0.3, 0.4) is 0 Å². The zero-order valence-electron chi connectivity index (χ0n) is 23.1. The number of halogens is 3. The van der Waals surface area contributed by atoms with E-state index in [1.165, 1.54) is 23.0 Å². The maximum atomic E-state index is 13.7. The highest BCUT2D eigenvalue weighted by atomic mass is 19.4. The highest BCUT2D eigenvalue weighted by Gasteiger charge is 2.31. The molecular weight excluding hydrogens is 561 g/mol. The number of carbonyl (C=O) groups excluding carboxylic acids is 1. The average Bonchev–Trinajstić information content (AvgIpc) is 3.59. The van der Waals surface area contributed by atoms with Gasteiger partial charge in [-0.25, -0.2) is 9.97 Å². The summed E-state index contributed by atoms with van der Waals surface area (Å²) < 4.78 is 50.4. The second-order valence-electron chi connectivity index (χ2n) is 9.82. The van der Waals surface area contributed by atoms with Crippen LogP contribution in [0.2, 0.25) is 0 Å². The van der Waals surface area contributed by atoms with Gasteiger partial charge in [-0.3, -0.25) is 14.5 Å². The minimum Gasteiger partial charge on any atom is -0.438 e. The molecule has 0 radical (unpaired) electrons. The summed E-state index contributed by atoms with van der Waals surface area (Å²) in [5.41, 5.74) is 2.03. The summed E-state index contributed by atoms with van der Waals surface area (Å²) >= 11 is 0. The van der Waals surface area contributed by atoms with Crippen LogP contribution in [0.25, 0.3) is 28.1 Å². The van der Waals surface area contributed by atoms with Gasteiger partial charge in [-0.2, -0.15) is 23.3 Å². The summed E-state index contributed by atoms with van der Waals surface area (Å²) in [7, 11) is 1.75. The molecule has 1 N–H and O–H groups in total. The topological polar surface area (TPSA) is 113 Å². The maximum Gasteiger partial charge on any atom is 0.416 e. The quantitative estimate of drug-likeness (QED) is 0.245. The molecule has 0 aliphatic carbocycles. The maximum absolute atomic E-state index is 13.7. The van der Waals surface area contributed by atoms with Crippen molar-refractivity contribution in [2.45, 2.75) is 20.0 Å². The fraction of sp³-hybridized carbons (Fsp3) is 0.133. The third-order valence-corrected chi connectivity index (χ3v) is 6.67. The van der Waals surface area contributed by atoms with Gasteiger partial charge in [-0.05, 0) is 61.9 Å². The molecule has 4 heterocycles. The van der Waals surface area contributed by atoms with Gasteiger partial charge in [-0.1, -0.05) is 6.07 Å². The number of aromatic nitrogens is 7. The van der Waals surface area contributed by atoms with Crippen molar-refractivity contribution in [1.29, 1.82) is 0 Å². The lowest BCUT2D eigenvalue weighted by molar-refractivity contribution is -0.137. The first kappa shape index (κ1) is 27.6.